The fourth-order valence-electron chi connectivity index (χ4n) is 7.41. The molecule has 2 heteroatoms. The van der Waals surface area contributed by atoms with Crippen LogP contribution < -0.4 is 10.4 Å². The van der Waals surface area contributed by atoms with Crippen LogP contribution in [0.2, 0.25) is 0 Å². The third-order valence-electron chi connectivity index (χ3n) is 9.84. The van der Waals surface area contributed by atoms with Gasteiger partial charge in [-0.2, -0.15) is 0 Å². The highest BCUT2D eigenvalue weighted by Gasteiger charge is 2.13. The molecule has 0 spiro atoms. The van der Waals surface area contributed by atoms with Gasteiger partial charge >= 0.3 is 0 Å². The van der Waals surface area contributed by atoms with Gasteiger partial charge in [0.15, 0.2) is 0 Å². The van der Waals surface area contributed by atoms with Crippen LogP contribution in [0.25, 0.3) is 98.4 Å². The van der Waals surface area contributed by atoms with Crippen LogP contribution in [0.1, 0.15) is 13.8 Å². The van der Waals surface area contributed by atoms with Gasteiger partial charge in [-0.1, -0.05) is 127 Å². The van der Waals surface area contributed by atoms with Crippen LogP contribution in [-0.2, 0) is 0 Å². The first-order valence-electron chi connectivity index (χ1n) is 17.1. The zero-order chi connectivity index (χ0) is 33.6. The van der Waals surface area contributed by atoms with E-state index in [1.165, 1.54) is 74.8 Å². The van der Waals surface area contributed by atoms with Crippen molar-refractivity contribution < 1.29 is 4.42 Å². The quantitative estimate of drug-likeness (QED) is 0.184. The molecule has 0 fully saturated rings. The predicted molar refractivity (Wildman–Crippen MR) is 218 cm³/mol. The van der Waals surface area contributed by atoms with Crippen LogP contribution in [0.15, 0.2) is 162 Å². The maximum absolute atomic E-state index is 6.43. The molecule has 7 aromatic carbocycles. The van der Waals surface area contributed by atoms with Gasteiger partial charge in [0, 0.05) is 30.9 Å². The fourth-order valence-corrected chi connectivity index (χ4v) is 8.55. The highest BCUT2D eigenvalue weighted by Crippen LogP contribution is 2.40. The van der Waals surface area contributed by atoms with Gasteiger partial charge in [0.25, 0.3) is 0 Å². The van der Waals surface area contributed by atoms with Crippen LogP contribution in [0.5, 0.6) is 0 Å². The van der Waals surface area contributed by atoms with Crippen LogP contribution in [0, 0.1) is 0 Å². The summed E-state index contributed by atoms with van der Waals surface area (Å²) in [5.41, 5.74) is 8.96. The van der Waals surface area contributed by atoms with E-state index in [2.05, 4.69) is 184 Å². The van der Waals surface area contributed by atoms with Crippen molar-refractivity contribution in [2.75, 3.05) is 0 Å². The normalized spacial score (nSPS) is 12.4. The molecule has 0 bridgehead atoms. The van der Waals surface area contributed by atoms with Crippen molar-refractivity contribution in [2.24, 2.45) is 0 Å². The van der Waals surface area contributed by atoms with Gasteiger partial charge in [-0.3, -0.25) is 0 Å². The summed E-state index contributed by atoms with van der Waals surface area (Å²) in [7, 11) is 0. The van der Waals surface area contributed by atoms with Crippen molar-refractivity contribution in [3.63, 3.8) is 0 Å². The number of hydrogen-bond acceptors (Lipinski definition) is 2. The summed E-state index contributed by atoms with van der Waals surface area (Å²) in [6, 6.07) is 56.9. The van der Waals surface area contributed by atoms with Crippen molar-refractivity contribution in [1.29, 1.82) is 0 Å². The number of hydrogen-bond donors (Lipinski definition) is 0. The Morgan fingerprint density at radius 1 is 0.400 bits per heavy atom. The van der Waals surface area contributed by atoms with Crippen molar-refractivity contribution >= 4 is 76.4 Å². The number of benzene rings is 6. The summed E-state index contributed by atoms with van der Waals surface area (Å²) in [6.07, 6.45) is 4.47. The molecule has 0 N–H and O–H groups in total. The molecule has 2 heterocycles. The van der Waals surface area contributed by atoms with Gasteiger partial charge in [0.1, 0.15) is 11.2 Å². The maximum atomic E-state index is 6.43. The first kappa shape index (κ1) is 30.1. The molecule has 0 aliphatic carbocycles. The van der Waals surface area contributed by atoms with Gasteiger partial charge in [0.2, 0.25) is 0 Å². The molecular formula is C48H34OS. The molecule has 2 aromatic heterocycles. The summed E-state index contributed by atoms with van der Waals surface area (Å²) >= 11 is 1.86. The molecule has 50 heavy (non-hydrogen) atoms. The summed E-state index contributed by atoms with van der Waals surface area (Å²) in [6.45, 7) is 4.26. The smallest absolute Gasteiger partial charge is 0.136 e. The average Bonchev–Trinajstić information content (AvgIpc) is 3.71. The van der Waals surface area contributed by atoms with Gasteiger partial charge in [0.05, 0.1) is 0 Å². The molecule has 9 rings (SSSR count). The summed E-state index contributed by atoms with van der Waals surface area (Å²) < 4.78 is 9.07. The molecular weight excluding hydrogens is 625 g/mol. The van der Waals surface area contributed by atoms with Gasteiger partial charge in [-0.15, -0.1) is 11.3 Å². The zero-order valence-corrected chi connectivity index (χ0v) is 28.8. The zero-order valence-electron chi connectivity index (χ0n) is 28.0. The van der Waals surface area contributed by atoms with E-state index in [1.54, 1.807) is 0 Å². The minimum atomic E-state index is 0.911. The Hall–Kier alpha value is -5.96. The van der Waals surface area contributed by atoms with E-state index in [1.807, 2.05) is 11.3 Å². The average molecular weight is 659 g/mol. The molecule has 0 saturated heterocycles. The van der Waals surface area contributed by atoms with Crippen molar-refractivity contribution in [3.8, 4) is 33.4 Å². The van der Waals surface area contributed by atoms with Crippen LogP contribution >= 0.6 is 11.3 Å². The molecule has 1 nitrogen and oxygen atoms in total. The molecule has 0 atom stereocenters. The lowest BCUT2D eigenvalue weighted by Gasteiger charge is -2.08. The van der Waals surface area contributed by atoms with Gasteiger partial charge in [-0.05, 0) is 111 Å². The lowest BCUT2D eigenvalue weighted by molar-refractivity contribution is 0.669. The first-order chi connectivity index (χ1) is 24.7. The molecule has 9 aromatic rings. The van der Waals surface area contributed by atoms with E-state index in [0.29, 0.717) is 0 Å². The Morgan fingerprint density at radius 2 is 0.960 bits per heavy atom. The monoisotopic (exact) mass is 658 g/mol. The predicted octanol–water partition coefficient (Wildman–Crippen LogP) is 12.8. The number of fused-ring (bicyclic) bond motifs is 7. The number of furan rings is 1. The summed E-state index contributed by atoms with van der Waals surface area (Å²) in [5, 5.41) is 9.79. The number of rotatable bonds is 3. The lowest BCUT2D eigenvalue weighted by atomic mass is 9.96. The van der Waals surface area contributed by atoms with Crippen LogP contribution in [0.4, 0.5) is 0 Å². The van der Waals surface area contributed by atoms with E-state index in [4.69, 9.17) is 4.42 Å². The molecule has 0 amide bonds. The topological polar surface area (TPSA) is 13.1 Å². The van der Waals surface area contributed by atoms with Crippen molar-refractivity contribution in [3.05, 3.63) is 168 Å². The Balaban J connectivity index is 1.15. The van der Waals surface area contributed by atoms with E-state index in [0.717, 1.165) is 21.9 Å². The molecule has 0 saturated carbocycles. The van der Waals surface area contributed by atoms with Crippen LogP contribution in [-0.4, -0.2) is 0 Å². The summed E-state index contributed by atoms with van der Waals surface area (Å²) in [5.74, 6) is 0. The molecule has 0 radical (unpaired) electrons. The minimum absolute atomic E-state index is 0.911. The molecule has 238 valence electrons. The second-order valence-corrected chi connectivity index (χ2v) is 13.8. The summed E-state index contributed by atoms with van der Waals surface area (Å²) in [4.78, 5) is 0. The molecule has 0 aliphatic heterocycles. The first-order valence-corrected chi connectivity index (χ1v) is 18.0. The highest BCUT2D eigenvalue weighted by atomic mass is 32.1. The van der Waals surface area contributed by atoms with E-state index >= 15 is 0 Å². The Bertz CT molecular complexity index is 2930. The van der Waals surface area contributed by atoms with Gasteiger partial charge in [-0.25, -0.2) is 0 Å². The van der Waals surface area contributed by atoms with Gasteiger partial charge < -0.3 is 4.42 Å². The molecule has 0 unspecified atom stereocenters. The maximum Gasteiger partial charge on any atom is 0.136 e. The fraction of sp³-hybridized carbons (Fsp3) is 0.0417. The van der Waals surface area contributed by atoms with Crippen LogP contribution in [0.3, 0.4) is 0 Å². The standard InChI is InChI=1S/C48H34OS/c1-3-37-38(4-2)40(17-11-6-5-10-16-39(37)32-14-8-7-9-15-32)33-22-20-31(21-23-33)34-24-25-45-42(26-34)43-27-36-30-48-44(28-35(36)29-46(43)49-45)41-18-12-13-19-47(41)50-48/h3-30H,1-2H3/b10-5?,11-6?,37-3+,38-4+,39-16?,40-17?. The Labute approximate surface area is 295 Å². The number of thiophene rings is 1. The second-order valence-electron chi connectivity index (χ2n) is 12.7. The van der Waals surface area contributed by atoms with E-state index in [-0.39, 0.29) is 0 Å². The lowest BCUT2D eigenvalue weighted by Crippen LogP contribution is -2.26. The van der Waals surface area contributed by atoms with Crippen molar-refractivity contribution in [2.45, 2.75) is 13.8 Å². The Morgan fingerprint density at radius 3 is 1.70 bits per heavy atom. The van der Waals surface area contributed by atoms with Crippen molar-refractivity contribution in [1.82, 2.24) is 0 Å². The molecule has 0 aliphatic rings. The largest absolute Gasteiger partial charge is 0.456 e. The second kappa shape index (κ2) is 12.5. The third-order valence-corrected chi connectivity index (χ3v) is 11.0. The minimum Gasteiger partial charge on any atom is -0.456 e. The highest BCUT2D eigenvalue weighted by molar-refractivity contribution is 7.25. The van der Waals surface area contributed by atoms with E-state index < -0.39 is 0 Å². The third kappa shape index (κ3) is 5.17. The SMILES string of the molecule is C/C=c1/c(-c2ccccc2)ccccccc(-c2ccc(-c3ccc4oc5cc6cc7c(cc6cc5c4c3)sc3ccccc37)cc2)/c1=C/C. The Kier molecular flexibility index (Phi) is 7.53. The van der Waals surface area contributed by atoms with E-state index in [9.17, 15) is 0 Å².